The Balaban J connectivity index is 1.76. The van der Waals surface area contributed by atoms with Crippen molar-refractivity contribution in [2.24, 2.45) is 11.8 Å². The smallest absolute Gasteiger partial charge is 0.225 e. The number of amides is 2. The molecule has 1 saturated heterocycles. The highest BCUT2D eigenvalue weighted by molar-refractivity contribution is 5.80. The number of nitrogens with one attached hydrogen (secondary N) is 1. The van der Waals surface area contributed by atoms with Gasteiger partial charge in [0.1, 0.15) is 0 Å². The van der Waals surface area contributed by atoms with E-state index in [4.69, 9.17) is 0 Å². The summed E-state index contributed by atoms with van der Waals surface area (Å²) in [4.78, 5) is 28.8. The van der Waals surface area contributed by atoms with E-state index in [2.05, 4.69) is 48.3 Å². The minimum Gasteiger partial charge on any atom is -0.352 e. The summed E-state index contributed by atoms with van der Waals surface area (Å²) >= 11 is 0. The number of nitrogens with zero attached hydrogens (tertiary/aromatic N) is 2. The lowest BCUT2D eigenvalue weighted by Crippen LogP contribution is -2.44. The third-order valence-corrected chi connectivity index (χ3v) is 5.46. The van der Waals surface area contributed by atoms with E-state index in [0.717, 1.165) is 38.0 Å². The van der Waals surface area contributed by atoms with Gasteiger partial charge in [0.2, 0.25) is 11.8 Å². The lowest BCUT2D eigenvalue weighted by molar-refractivity contribution is -0.138. The maximum Gasteiger partial charge on any atom is 0.225 e. The topological polar surface area (TPSA) is 52.7 Å². The van der Waals surface area contributed by atoms with Gasteiger partial charge in [0.25, 0.3) is 0 Å². The van der Waals surface area contributed by atoms with E-state index in [9.17, 15) is 9.59 Å². The molecule has 5 nitrogen and oxygen atoms in total. The molecule has 1 aromatic rings. The third kappa shape index (κ3) is 6.35. The Hall–Kier alpha value is -1.88. The molecule has 5 heteroatoms. The molecule has 0 bridgehead atoms. The van der Waals surface area contributed by atoms with Crippen LogP contribution >= 0.6 is 0 Å². The summed E-state index contributed by atoms with van der Waals surface area (Å²) in [5.74, 6) is 0.348. The fourth-order valence-corrected chi connectivity index (χ4v) is 3.53. The Bertz CT molecular complexity index is 600. The molecule has 0 aromatic heterocycles. The first-order valence-corrected chi connectivity index (χ1v) is 10.3. The first kappa shape index (κ1) is 21.4. The molecule has 1 aliphatic rings. The zero-order chi connectivity index (χ0) is 19.8. The van der Waals surface area contributed by atoms with Gasteiger partial charge in [-0.05, 0) is 37.1 Å². The summed E-state index contributed by atoms with van der Waals surface area (Å²) in [7, 11) is 0. The molecule has 150 valence electrons. The van der Waals surface area contributed by atoms with Gasteiger partial charge >= 0.3 is 0 Å². The van der Waals surface area contributed by atoms with Crippen LogP contribution in [0.1, 0.15) is 51.7 Å². The third-order valence-electron chi connectivity index (χ3n) is 5.46. The second-order valence-electron chi connectivity index (χ2n) is 7.75. The number of benzene rings is 1. The Morgan fingerprint density at radius 2 is 1.63 bits per heavy atom. The fourth-order valence-electron chi connectivity index (χ4n) is 3.53. The van der Waals surface area contributed by atoms with Gasteiger partial charge in [-0.3, -0.25) is 14.5 Å². The SMILES string of the molecule is CCN(CC)Cc1ccc(CNC(=O)C2CCN(C(=O)C(C)C)CC2)cc1. The number of carbonyl (C=O) groups is 2. The van der Waals surface area contributed by atoms with Crippen LogP contribution < -0.4 is 5.32 Å². The zero-order valence-corrected chi connectivity index (χ0v) is 17.3. The quantitative estimate of drug-likeness (QED) is 0.762. The van der Waals surface area contributed by atoms with Crippen molar-refractivity contribution < 1.29 is 9.59 Å². The van der Waals surface area contributed by atoms with Crippen LogP contribution in [-0.4, -0.2) is 47.8 Å². The van der Waals surface area contributed by atoms with E-state index in [1.54, 1.807) is 0 Å². The Morgan fingerprint density at radius 3 is 2.15 bits per heavy atom. The van der Waals surface area contributed by atoms with Crippen molar-refractivity contribution >= 4 is 11.8 Å². The second-order valence-corrected chi connectivity index (χ2v) is 7.75. The van der Waals surface area contributed by atoms with E-state index in [1.165, 1.54) is 5.56 Å². The summed E-state index contributed by atoms with van der Waals surface area (Å²) in [5.41, 5.74) is 2.43. The molecule has 1 aromatic carbocycles. The van der Waals surface area contributed by atoms with Crippen LogP contribution in [0.3, 0.4) is 0 Å². The van der Waals surface area contributed by atoms with Crippen molar-refractivity contribution in [2.45, 2.75) is 53.6 Å². The molecule has 1 N–H and O–H groups in total. The molecule has 1 fully saturated rings. The molecule has 0 atom stereocenters. The molecule has 0 saturated carbocycles. The Labute approximate surface area is 164 Å². The predicted molar refractivity (Wildman–Crippen MR) is 109 cm³/mol. The normalized spacial score (nSPS) is 15.4. The van der Waals surface area contributed by atoms with Crippen molar-refractivity contribution in [3.05, 3.63) is 35.4 Å². The molecule has 1 aliphatic heterocycles. The highest BCUT2D eigenvalue weighted by Crippen LogP contribution is 2.19. The van der Waals surface area contributed by atoms with Gasteiger partial charge in [0.15, 0.2) is 0 Å². The minimum absolute atomic E-state index is 0.0168. The van der Waals surface area contributed by atoms with Crippen molar-refractivity contribution in [3.8, 4) is 0 Å². The standard InChI is InChI=1S/C22H35N3O2/c1-5-24(6-2)16-19-9-7-18(8-10-19)15-23-21(26)20-11-13-25(14-12-20)22(27)17(3)4/h7-10,17,20H,5-6,11-16H2,1-4H3,(H,23,26). The average molecular weight is 374 g/mol. The van der Waals surface area contributed by atoms with Gasteiger partial charge in [0.05, 0.1) is 0 Å². The second kappa shape index (κ2) is 10.5. The molecule has 0 unspecified atom stereocenters. The fraction of sp³-hybridized carbons (Fsp3) is 0.636. The molecule has 0 radical (unpaired) electrons. The molecule has 0 spiro atoms. The number of likely N-dealkylation sites (tertiary alicyclic amines) is 1. The number of carbonyl (C=O) groups excluding carboxylic acids is 2. The van der Waals surface area contributed by atoms with E-state index in [1.807, 2.05) is 18.7 Å². The monoisotopic (exact) mass is 373 g/mol. The molecule has 0 aliphatic carbocycles. The zero-order valence-electron chi connectivity index (χ0n) is 17.3. The highest BCUT2D eigenvalue weighted by Gasteiger charge is 2.27. The Kier molecular flexibility index (Phi) is 8.29. The lowest BCUT2D eigenvalue weighted by Gasteiger charge is -2.32. The molecule has 2 amide bonds. The number of hydrogen-bond acceptors (Lipinski definition) is 3. The first-order chi connectivity index (χ1) is 12.9. The van der Waals surface area contributed by atoms with Crippen LogP contribution in [0.25, 0.3) is 0 Å². The minimum atomic E-state index is 0.0168. The summed E-state index contributed by atoms with van der Waals surface area (Å²) < 4.78 is 0. The van der Waals surface area contributed by atoms with E-state index >= 15 is 0 Å². The summed E-state index contributed by atoms with van der Waals surface area (Å²) in [6.45, 7) is 13.2. The molecular formula is C22H35N3O2. The summed E-state index contributed by atoms with van der Waals surface area (Å²) in [6, 6.07) is 8.50. The van der Waals surface area contributed by atoms with Gasteiger partial charge in [-0.2, -0.15) is 0 Å². The van der Waals surface area contributed by atoms with Gasteiger partial charge in [0, 0.05) is 38.0 Å². The van der Waals surface area contributed by atoms with Crippen molar-refractivity contribution in [3.63, 3.8) is 0 Å². The van der Waals surface area contributed by atoms with Crippen LogP contribution in [0.15, 0.2) is 24.3 Å². The number of piperidine rings is 1. The predicted octanol–water partition coefficient (Wildman–Crippen LogP) is 3.04. The molecule has 2 rings (SSSR count). The van der Waals surface area contributed by atoms with Crippen LogP contribution in [0.4, 0.5) is 0 Å². The highest BCUT2D eigenvalue weighted by atomic mass is 16.2. The van der Waals surface area contributed by atoms with Gasteiger partial charge in [-0.15, -0.1) is 0 Å². The van der Waals surface area contributed by atoms with E-state index < -0.39 is 0 Å². The van der Waals surface area contributed by atoms with Crippen molar-refractivity contribution in [1.82, 2.24) is 15.1 Å². The number of rotatable bonds is 8. The lowest BCUT2D eigenvalue weighted by atomic mass is 9.95. The summed E-state index contributed by atoms with van der Waals surface area (Å²) in [6.07, 6.45) is 1.51. The van der Waals surface area contributed by atoms with Crippen LogP contribution in [0.5, 0.6) is 0 Å². The average Bonchev–Trinajstić information content (AvgIpc) is 2.70. The van der Waals surface area contributed by atoms with E-state index in [-0.39, 0.29) is 23.7 Å². The number of hydrogen-bond donors (Lipinski definition) is 1. The molecule has 27 heavy (non-hydrogen) atoms. The van der Waals surface area contributed by atoms with Crippen molar-refractivity contribution in [2.75, 3.05) is 26.2 Å². The van der Waals surface area contributed by atoms with Gasteiger partial charge in [-0.25, -0.2) is 0 Å². The van der Waals surface area contributed by atoms with Gasteiger partial charge in [-0.1, -0.05) is 52.0 Å². The summed E-state index contributed by atoms with van der Waals surface area (Å²) in [5, 5.41) is 3.07. The largest absolute Gasteiger partial charge is 0.352 e. The Morgan fingerprint density at radius 1 is 1.07 bits per heavy atom. The molecular weight excluding hydrogens is 338 g/mol. The first-order valence-electron chi connectivity index (χ1n) is 10.3. The van der Waals surface area contributed by atoms with Crippen LogP contribution in [0, 0.1) is 11.8 Å². The van der Waals surface area contributed by atoms with E-state index in [0.29, 0.717) is 19.6 Å². The maximum atomic E-state index is 12.5. The molecule has 1 heterocycles. The maximum absolute atomic E-state index is 12.5. The van der Waals surface area contributed by atoms with Crippen molar-refractivity contribution in [1.29, 1.82) is 0 Å². The van der Waals surface area contributed by atoms with Crippen LogP contribution in [0.2, 0.25) is 0 Å². The van der Waals surface area contributed by atoms with Crippen LogP contribution in [-0.2, 0) is 22.7 Å². The van der Waals surface area contributed by atoms with Gasteiger partial charge < -0.3 is 10.2 Å².